The van der Waals surface area contributed by atoms with Crippen molar-refractivity contribution in [3.8, 4) is 11.1 Å². The number of hydrogen-bond acceptors (Lipinski definition) is 5. The number of rotatable bonds is 4. The van der Waals surface area contributed by atoms with Gasteiger partial charge in [0.05, 0.1) is 7.11 Å². The van der Waals surface area contributed by atoms with E-state index in [2.05, 4.69) is 20.0 Å². The minimum Gasteiger partial charge on any atom is -0.453 e. The lowest BCUT2D eigenvalue weighted by Gasteiger charge is -2.18. The van der Waals surface area contributed by atoms with E-state index in [-0.39, 0.29) is 11.7 Å². The van der Waals surface area contributed by atoms with E-state index in [1.165, 1.54) is 24.1 Å². The lowest BCUT2D eigenvalue weighted by molar-refractivity contribution is 0.0993. The van der Waals surface area contributed by atoms with Gasteiger partial charge in [-0.1, -0.05) is 6.07 Å². The third-order valence-corrected chi connectivity index (χ3v) is 5.02. The summed E-state index contributed by atoms with van der Waals surface area (Å²) in [4.78, 5) is 34.4. The second-order valence-corrected chi connectivity index (χ2v) is 7.01. The maximum atomic E-state index is 13.2. The molecule has 0 unspecified atom stereocenters. The summed E-state index contributed by atoms with van der Waals surface area (Å²) < 4.78 is 17.8. The van der Waals surface area contributed by atoms with Gasteiger partial charge in [0.2, 0.25) is 0 Å². The van der Waals surface area contributed by atoms with E-state index in [9.17, 15) is 14.0 Å². The molecule has 160 valence electrons. The van der Waals surface area contributed by atoms with E-state index in [0.29, 0.717) is 17.1 Å². The van der Waals surface area contributed by atoms with Gasteiger partial charge in [0.1, 0.15) is 11.6 Å². The van der Waals surface area contributed by atoms with Gasteiger partial charge in [0.15, 0.2) is 0 Å². The summed E-state index contributed by atoms with van der Waals surface area (Å²) in [5.74, 6) is -0.235. The number of nitrogens with one attached hydrogen (secondary N) is 1. The highest BCUT2D eigenvalue weighted by atomic mass is 19.1. The molecule has 2 amide bonds. The lowest BCUT2D eigenvalue weighted by Crippen LogP contribution is -2.26. The highest BCUT2D eigenvalue weighted by Crippen LogP contribution is 2.29. The Morgan fingerprint density at radius 2 is 1.78 bits per heavy atom. The minimum absolute atomic E-state index is 0.225. The second kappa shape index (κ2) is 8.81. The molecule has 7 nitrogen and oxygen atoms in total. The van der Waals surface area contributed by atoms with Crippen molar-refractivity contribution in [2.45, 2.75) is 0 Å². The quantitative estimate of drug-likeness (QED) is 0.498. The highest BCUT2D eigenvalue weighted by Gasteiger charge is 2.15. The van der Waals surface area contributed by atoms with Crippen molar-refractivity contribution in [3.63, 3.8) is 0 Å². The first-order chi connectivity index (χ1) is 15.5. The highest BCUT2D eigenvalue weighted by molar-refractivity contribution is 6.09. The molecule has 0 aliphatic heterocycles. The zero-order valence-corrected chi connectivity index (χ0v) is 17.4. The second-order valence-electron chi connectivity index (χ2n) is 7.01. The molecule has 4 aromatic rings. The standard InChI is InChI=1S/C24H19FN4O3/c1-29(19-8-6-18(25)7-9-19)23(30)15-3-4-16-12-26-14-21(20(16)11-15)17-5-10-22(27-13-17)28-24(31)32-2/h3-14H,1-2H3,(H,27,28,31). The van der Waals surface area contributed by atoms with Gasteiger partial charge in [0, 0.05) is 53.4 Å². The fourth-order valence-electron chi connectivity index (χ4n) is 3.29. The van der Waals surface area contributed by atoms with Crippen LogP contribution in [0.3, 0.4) is 0 Å². The molecule has 1 N–H and O–H groups in total. The van der Waals surface area contributed by atoms with Gasteiger partial charge in [-0.3, -0.25) is 15.1 Å². The van der Waals surface area contributed by atoms with Crippen LogP contribution in [0.5, 0.6) is 0 Å². The van der Waals surface area contributed by atoms with E-state index in [4.69, 9.17) is 0 Å². The van der Waals surface area contributed by atoms with Crippen molar-refractivity contribution in [2.75, 3.05) is 24.4 Å². The Bertz CT molecular complexity index is 1290. The molecule has 2 aromatic heterocycles. The molecule has 8 heteroatoms. The fraction of sp³-hybridized carbons (Fsp3) is 0.0833. The number of benzene rings is 2. The molecule has 0 aliphatic rings. The molecule has 0 atom stereocenters. The fourth-order valence-corrected chi connectivity index (χ4v) is 3.29. The molecule has 2 heterocycles. The van der Waals surface area contributed by atoms with Crippen LogP contribution in [0.25, 0.3) is 21.9 Å². The number of carbonyl (C=O) groups is 2. The maximum absolute atomic E-state index is 13.2. The van der Waals surface area contributed by atoms with Gasteiger partial charge in [-0.25, -0.2) is 14.2 Å². The van der Waals surface area contributed by atoms with E-state index in [1.54, 1.807) is 62.0 Å². The number of carbonyl (C=O) groups excluding carboxylic acids is 2. The van der Waals surface area contributed by atoms with Crippen molar-refractivity contribution in [1.29, 1.82) is 0 Å². The average molecular weight is 430 g/mol. The molecule has 0 saturated carbocycles. The first-order valence-electron chi connectivity index (χ1n) is 9.69. The summed E-state index contributed by atoms with van der Waals surface area (Å²) in [5, 5.41) is 4.19. The van der Waals surface area contributed by atoms with Crippen LogP contribution in [-0.4, -0.2) is 36.1 Å². The molecule has 0 fully saturated rings. The number of hydrogen-bond donors (Lipinski definition) is 1. The lowest BCUT2D eigenvalue weighted by atomic mass is 10.00. The number of methoxy groups -OCH3 is 1. The number of amides is 2. The molecule has 0 radical (unpaired) electrons. The molecule has 0 spiro atoms. The number of halogens is 1. The first-order valence-corrected chi connectivity index (χ1v) is 9.69. The molecule has 32 heavy (non-hydrogen) atoms. The number of anilines is 2. The smallest absolute Gasteiger partial charge is 0.412 e. The first kappa shape index (κ1) is 20.9. The SMILES string of the molecule is COC(=O)Nc1ccc(-c2cncc3ccc(C(=O)N(C)c4ccc(F)cc4)cc23)cn1. The van der Waals surface area contributed by atoms with E-state index < -0.39 is 6.09 Å². The number of nitrogens with zero attached hydrogens (tertiary/aromatic N) is 3. The van der Waals surface area contributed by atoms with Crippen molar-refractivity contribution < 1.29 is 18.7 Å². The van der Waals surface area contributed by atoms with Crippen molar-refractivity contribution >= 4 is 34.3 Å². The van der Waals surface area contributed by atoms with Gasteiger partial charge >= 0.3 is 6.09 Å². The zero-order valence-electron chi connectivity index (χ0n) is 17.4. The third-order valence-electron chi connectivity index (χ3n) is 5.02. The summed E-state index contributed by atoms with van der Waals surface area (Å²) in [5.41, 5.74) is 2.63. The Kier molecular flexibility index (Phi) is 5.76. The van der Waals surface area contributed by atoms with Gasteiger partial charge in [-0.15, -0.1) is 0 Å². The van der Waals surface area contributed by atoms with E-state index >= 15 is 0 Å². The topological polar surface area (TPSA) is 84.4 Å². The van der Waals surface area contributed by atoms with Gasteiger partial charge in [-0.05, 0) is 53.9 Å². The summed E-state index contributed by atoms with van der Waals surface area (Å²) in [6, 6.07) is 14.6. The molecular formula is C24H19FN4O3. The van der Waals surface area contributed by atoms with Crippen LogP contribution in [0, 0.1) is 5.82 Å². The Morgan fingerprint density at radius 3 is 2.47 bits per heavy atom. The van der Waals surface area contributed by atoms with Crippen LogP contribution < -0.4 is 10.2 Å². The monoisotopic (exact) mass is 430 g/mol. The predicted octanol–water partition coefficient (Wildman–Crippen LogP) is 4.89. The Morgan fingerprint density at radius 1 is 1.00 bits per heavy atom. The molecule has 0 bridgehead atoms. The number of fused-ring (bicyclic) bond motifs is 1. The van der Waals surface area contributed by atoms with E-state index in [1.807, 2.05) is 6.07 Å². The van der Waals surface area contributed by atoms with Crippen molar-refractivity contribution in [3.05, 3.63) is 84.6 Å². The van der Waals surface area contributed by atoms with Crippen LogP contribution in [0.4, 0.5) is 20.7 Å². The molecule has 0 saturated heterocycles. The van der Waals surface area contributed by atoms with Crippen molar-refractivity contribution in [2.24, 2.45) is 0 Å². The Labute approximate surface area is 183 Å². The molecule has 2 aromatic carbocycles. The number of aromatic nitrogens is 2. The predicted molar refractivity (Wildman–Crippen MR) is 120 cm³/mol. The van der Waals surface area contributed by atoms with Crippen LogP contribution >= 0.6 is 0 Å². The maximum Gasteiger partial charge on any atom is 0.412 e. The number of ether oxygens (including phenoxy) is 1. The third kappa shape index (κ3) is 4.24. The molecular weight excluding hydrogens is 411 g/mol. The van der Waals surface area contributed by atoms with Gasteiger partial charge in [-0.2, -0.15) is 0 Å². The summed E-state index contributed by atoms with van der Waals surface area (Å²) >= 11 is 0. The zero-order chi connectivity index (χ0) is 22.7. The average Bonchev–Trinajstić information content (AvgIpc) is 2.83. The normalized spacial score (nSPS) is 10.6. The van der Waals surface area contributed by atoms with Crippen LogP contribution in [0.1, 0.15) is 10.4 Å². The van der Waals surface area contributed by atoms with Crippen LogP contribution in [0.2, 0.25) is 0 Å². The van der Waals surface area contributed by atoms with E-state index in [0.717, 1.165) is 21.9 Å². The Hall–Kier alpha value is -4.33. The summed E-state index contributed by atoms with van der Waals surface area (Å²) in [6.45, 7) is 0. The summed E-state index contributed by atoms with van der Waals surface area (Å²) in [7, 11) is 2.92. The van der Waals surface area contributed by atoms with Gasteiger partial charge < -0.3 is 9.64 Å². The Balaban J connectivity index is 1.68. The largest absolute Gasteiger partial charge is 0.453 e. The van der Waals surface area contributed by atoms with Crippen LogP contribution in [-0.2, 0) is 4.74 Å². The molecule has 4 rings (SSSR count). The minimum atomic E-state index is -0.606. The summed E-state index contributed by atoms with van der Waals surface area (Å²) in [6.07, 6.45) is 4.42. The van der Waals surface area contributed by atoms with Crippen LogP contribution in [0.15, 0.2) is 73.2 Å². The molecule has 0 aliphatic carbocycles. The van der Waals surface area contributed by atoms with Crippen molar-refractivity contribution in [1.82, 2.24) is 9.97 Å². The number of pyridine rings is 2. The van der Waals surface area contributed by atoms with Gasteiger partial charge in [0.25, 0.3) is 5.91 Å².